The number of nitrogens with one attached hydrogen (secondary N) is 1. The van der Waals surface area contributed by atoms with Crippen molar-refractivity contribution in [3.8, 4) is 5.75 Å². The highest BCUT2D eigenvalue weighted by atomic mass is 16.5. The Morgan fingerprint density at radius 3 is 2.89 bits per heavy atom. The summed E-state index contributed by atoms with van der Waals surface area (Å²) in [6.45, 7) is 3.01. The third-order valence-electron chi connectivity index (χ3n) is 4.55. The molecular weight excluding hydrogens is 238 g/mol. The predicted molar refractivity (Wildman–Crippen MR) is 77.5 cm³/mol. The summed E-state index contributed by atoms with van der Waals surface area (Å²) in [5.74, 6) is 1.48. The SMILES string of the molecule is CNC1(CO)CCCC1CCOc1ccccc1C. The maximum absolute atomic E-state index is 9.64. The number of aryl methyl sites for hydroxylation is 1. The average Bonchev–Trinajstić information content (AvgIpc) is 2.84. The fourth-order valence-electron chi connectivity index (χ4n) is 3.21. The molecule has 1 saturated carbocycles. The standard InChI is InChI=1S/C16H25NO2/c1-13-6-3-4-8-15(13)19-11-9-14-7-5-10-16(14,12-18)17-2/h3-4,6,8,14,17-18H,5,7,9-12H2,1-2H3. The number of benzene rings is 1. The quantitative estimate of drug-likeness (QED) is 0.828. The summed E-state index contributed by atoms with van der Waals surface area (Å²) >= 11 is 0. The van der Waals surface area contributed by atoms with Crippen molar-refractivity contribution >= 4 is 0 Å². The predicted octanol–water partition coefficient (Wildman–Crippen LogP) is 2.51. The van der Waals surface area contributed by atoms with E-state index in [-0.39, 0.29) is 12.1 Å². The molecule has 2 atom stereocenters. The average molecular weight is 263 g/mol. The second kappa shape index (κ2) is 6.40. The lowest BCUT2D eigenvalue weighted by molar-refractivity contribution is 0.117. The van der Waals surface area contributed by atoms with E-state index in [2.05, 4.69) is 18.3 Å². The molecular formula is C16H25NO2. The van der Waals surface area contributed by atoms with Crippen LogP contribution in [-0.2, 0) is 0 Å². The van der Waals surface area contributed by atoms with Crippen LogP contribution in [0.5, 0.6) is 5.75 Å². The molecule has 1 aliphatic rings. The van der Waals surface area contributed by atoms with Gasteiger partial charge in [-0.15, -0.1) is 0 Å². The highest BCUT2D eigenvalue weighted by molar-refractivity contribution is 5.31. The smallest absolute Gasteiger partial charge is 0.122 e. The number of hydrogen-bond acceptors (Lipinski definition) is 3. The number of ether oxygens (including phenoxy) is 1. The molecule has 3 nitrogen and oxygen atoms in total. The molecule has 0 radical (unpaired) electrons. The molecule has 1 aliphatic carbocycles. The number of hydrogen-bond donors (Lipinski definition) is 2. The molecule has 2 unspecified atom stereocenters. The number of rotatable bonds is 6. The molecule has 1 fully saturated rings. The molecule has 1 aromatic rings. The summed E-state index contributed by atoms with van der Waals surface area (Å²) in [7, 11) is 1.96. The minimum atomic E-state index is -0.0882. The first-order valence-electron chi connectivity index (χ1n) is 7.20. The second-order valence-electron chi connectivity index (χ2n) is 5.56. The summed E-state index contributed by atoms with van der Waals surface area (Å²) < 4.78 is 5.87. The number of aliphatic hydroxyl groups excluding tert-OH is 1. The molecule has 0 saturated heterocycles. The van der Waals surface area contributed by atoms with E-state index in [0.717, 1.165) is 25.2 Å². The van der Waals surface area contributed by atoms with E-state index < -0.39 is 0 Å². The molecule has 19 heavy (non-hydrogen) atoms. The van der Waals surface area contributed by atoms with E-state index in [4.69, 9.17) is 4.74 Å². The lowest BCUT2D eigenvalue weighted by Crippen LogP contribution is -2.49. The van der Waals surface area contributed by atoms with Crippen molar-refractivity contribution in [3.63, 3.8) is 0 Å². The van der Waals surface area contributed by atoms with Crippen LogP contribution in [0.3, 0.4) is 0 Å². The maximum Gasteiger partial charge on any atom is 0.122 e. The molecule has 0 aromatic heterocycles. The molecule has 3 heteroatoms. The van der Waals surface area contributed by atoms with Gasteiger partial charge in [0.05, 0.1) is 13.2 Å². The number of aliphatic hydroxyl groups is 1. The van der Waals surface area contributed by atoms with Crippen LogP contribution in [0, 0.1) is 12.8 Å². The van der Waals surface area contributed by atoms with Crippen molar-refractivity contribution in [2.24, 2.45) is 5.92 Å². The second-order valence-corrected chi connectivity index (χ2v) is 5.56. The third kappa shape index (κ3) is 3.10. The highest BCUT2D eigenvalue weighted by Crippen LogP contribution is 2.37. The Morgan fingerprint density at radius 2 is 2.21 bits per heavy atom. The Labute approximate surface area is 116 Å². The topological polar surface area (TPSA) is 41.5 Å². The fourth-order valence-corrected chi connectivity index (χ4v) is 3.21. The van der Waals surface area contributed by atoms with Crippen LogP contribution in [0.15, 0.2) is 24.3 Å². The zero-order valence-electron chi connectivity index (χ0n) is 12.0. The van der Waals surface area contributed by atoms with Crippen molar-refractivity contribution in [2.75, 3.05) is 20.3 Å². The van der Waals surface area contributed by atoms with Crippen LogP contribution in [0.4, 0.5) is 0 Å². The van der Waals surface area contributed by atoms with E-state index in [1.165, 1.54) is 18.4 Å². The van der Waals surface area contributed by atoms with Gasteiger partial charge < -0.3 is 15.2 Å². The van der Waals surface area contributed by atoms with Gasteiger partial charge >= 0.3 is 0 Å². The van der Waals surface area contributed by atoms with Crippen LogP contribution >= 0.6 is 0 Å². The van der Waals surface area contributed by atoms with Gasteiger partial charge in [0.1, 0.15) is 5.75 Å². The molecule has 0 bridgehead atoms. The zero-order chi connectivity index (χ0) is 13.7. The van der Waals surface area contributed by atoms with Crippen molar-refractivity contribution in [1.82, 2.24) is 5.32 Å². The Bertz CT molecular complexity index is 401. The fraction of sp³-hybridized carbons (Fsp3) is 0.625. The number of likely N-dealkylation sites (N-methyl/N-ethyl adjacent to an activating group) is 1. The van der Waals surface area contributed by atoms with E-state index in [9.17, 15) is 5.11 Å². The van der Waals surface area contributed by atoms with Crippen molar-refractivity contribution in [1.29, 1.82) is 0 Å². The maximum atomic E-state index is 9.64. The van der Waals surface area contributed by atoms with Gasteiger partial charge in [0.2, 0.25) is 0 Å². The van der Waals surface area contributed by atoms with E-state index >= 15 is 0 Å². The zero-order valence-corrected chi connectivity index (χ0v) is 12.0. The van der Waals surface area contributed by atoms with Crippen LogP contribution < -0.4 is 10.1 Å². The van der Waals surface area contributed by atoms with Crippen molar-refractivity contribution in [3.05, 3.63) is 29.8 Å². The van der Waals surface area contributed by atoms with Crippen LogP contribution in [-0.4, -0.2) is 30.9 Å². The minimum absolute atomic E-state index is 0.0882. The molecule has 2 N–H and O–H groups in total. The molecule has 0 heterocycles. The lowest BCUT2D eigenvalue weighted by atomic mass is 9.86. The van der Waals surface area contributed by atoms with Gasteiger partial charge in [0.25, 0.3) is 0 Å². The Morgan fingerprint density at radius 1 is 1.42 bits per heavy atom. The highest BCUT2D eigenvalue weighted by Gasteiger charge is 2.40. The van der Waals surface area contributed by atoms with Crippen LogP contribution in [0.1, 0.15) is 31.2 Å². The van der Waals surface area contributed by atoms with Gasteiger partial charge in [0.15, 0.2) is 0 Å². The molecule has 1 aromatic carbocycles. The van der Waals surface area contributed by atoms with Gasteiger partial charge in [0, 0.05) is 5.54 Å². The Kier molecular flexibility index (Phi) is 4.83. The van der Waals surface area contributed by atoms with E-state index in [0.29, 0.717) is 5.92 Å². The van der Waals surface area contributed by atoms with Gasteiger partial charge in [-0.1, -0.05) is 24.6 Å². The monoisotopic (exact) mass is 263 g/mol. The summed E-state index contributed by atoms with van der Waals surface area (Å²) in [4.78, 5) is 0. The minimum Gasteiger partial charge on any atom is -0.493 e. The molecule has 0 spiro atoms. The molecule has 0 aliphatic heterocycles. The van der Waals surface area contributed by atoms with Crippen LogP contribution in [0.25, 0.3) is 0 Å². The Hall–Kier alpha value is -1.06. The lowest BCUT2D eigenvalue weighted by Gasteiger charge is -2.33. The first-order chi connectivity index (χ1) is 9.22. The third-order valence-corrected chi connectivity index (χ3v) is 4.55. The van der Waals surface area contributed by atoms with Gasteiger partial charge in [-0.2, -0.15) is 0 Å². The van der Waals surface area contributed by atoms with Crippen LogP contribution in [0.2, 0.25) is 0 Å². The Balaban J connectivity index is 1.87. The molecule has 106 valence electrons. The largest absolute Gasteiger partial charge is 0.493 e. The summed E-state index contributed by atoms with van der Waals surface area (Å²) in [5, 5.41) is 13.0. The van der Waals surface area contributed by atoms with Gasteiger partial charge in [-0.3, -0.25) is 0 Å². The van der Waals surface area contributed by atoms with Gasteiger partial charge in [-0.25, -0.2) is 0 Å². The number of para-hydroxylation sites is 1. The summed E-state index contributed by atoms with van der Waals surface area (Å²) in [6.07, 6.45) is 4.43. The van der Waals surface area contributed by atoms with Gasteiger partial charge in [-0.05, 0) is 50.8 Å². The normalized spacial score (nSPS) is 26.6. The molecule has 0 amide bonds. The first kappa shape index (κ1) is 14.4. The first-order valence-corrected chi connectivity index (χ1v) is 7.20. The molecule has 2 rings (SSSR count). The van der Waals surface area contributed by atoms with E-state index in [1.54, 1.807) is 0 Å². The van der Waals surface area contributed by atoms with Crippen molar-refractivity contribution in [2.45, 2.75) is 38.1 Å². The summed E-state index contributed by atoms with van der Waals surface area (Å²) in [6, 6.07) is 8.11. The van der Waals surface area contributed by atoms with E-state index in [1.807, 2.05) is 25.2 Å². The summed E-state index contributed by atoms with van der Waals surface area (Å²) in [5.41, 5.74) is 1.09. The van der Waals surface area contributed by atoms with Crippen molar-refractivity contribution < 1.29 is 9.84 Å².